The number of ketones is 3. The van der Waals surface area contributed by atoms with Gasteiger partial charge in [0.25, 0.3) is 0 Å². The number of hydrogen-bond acceptors (Lipinski definition) is 22. The van der Waals surface area contributed by atoms with E-state index in [1.165, 1.54) is 87.5 Å². The van der Waals surface area contributed by atoms with E-state index in [4.69, 9.17) is 24.5 Å². The highest BCUT2D eigenvalue weighted by molar-refractivity contribution is 9.10. The Morgan fingerprint density at radius 1 is 0.454 bits per heavy atom. The van der Waals surface area contributed by atoms with E-state index < -0.39 is 127 Å². The maximum atomic E-state index is 13.4. The number of aromatic nitrogens is 8. The molecule has 14 rings (SSSR count). The molecule has 0 spiro atoms. The summed E-state index contributed by atoms with van der Waals surface area (Å²) in [5, 5.41) is 26.0. The quantitative estimate of drug-likeness (QED) is 0.0200. The fourth-order valence-corrected chi connectivity index (χ4v) is 17.4. The molecule has 0 bridgehead atoms. The molecule has 1 aliphatic heterocycles. The second-order valence-electron chi connectivity index (χ2n) is 34.3. The van der Waals surface area contributed by atoms with Gasteiger partial charge in [-0.2, -0.15) is 39.5 Å². The zero-order valence-electron chi connectivity index (χ0n) is 72.7. The third-order valence-electron chi connectivity index (χ3n) is 24.0. The third kappa shape index (κ3) is 28.9. The minimum Gasteiger partial charge on any atom is -0.481 e. The number of ether oxygens (including phenoxy) is 2. The van der Waals surface area contributed by atoms with Crippen LogP contribution < -0.4 is 43.1 Å². The Morgan fingerprint density at radius 3 is 1.09 bits per heavy atom. The van der Waals surface area contributed by atoms with Crippen molar-refractivity contribution in [2.75, 3.05) is 34.9 Å². The van der Waals surface area contributed by atoms with Crippen molar-refractivity contribution in [3.8, 4) is 22.5 Å². The summed E-state index contributed by atoms with van der Waals surface area (Å²) < 4.78 is 143. The van der Waals surface area contributed by atoms with Crippen LogP contribution in [0.15, 0.2) is 113 Å². The smallest absolute Gasteiger partial charge is 0.481 e. The van der Waals surface area contributed by atoms with Crippen LogP contribution in [-0.2, 0) is 52.4 Å². The number of esters is 2. The molecule has 3 aromatic carbocycles. The number of urea groups is 3. The van der Waals surface area contributed by atoms with Crippen molar-refractivity contribution < 1.29 is 107 Å². The van der Waals surface area contributed by atoms with Gasteiger partial charge in [0.1, 0.15) is 15.0 Å². The van der Waals surface area contributed by atoms with Gasteiger partial charge in [-0.15, -0.1) is 0 Å². The minimum atomic E-state index is -4.67. The molecular formula is C89H105BBr2F9N15O14. The van der Waals surface area contributed by atoms with E-state index in [2.05, 4.69) is 104 Å². The summed E-state index contributed by atoms with van der Waals surface area (Å²) >= 11 is 6.31. The average Bonchev–Trinajstić information content (AvgIpc) is 1.37. The number of nitrogen functional groups attached to an aromatic ring is 1. The lowest BCUT2D eigenvalue weighted by molar-refractivity contribution is -0.163. The van der Waals surface area contributed by atoms with Crippen molar-refractivity contribution in [2.24, 2.45) is 16.2 Å². The van der Waals surface area contributed by atoms with Gasteiger partial charge in [0.05, 0.1) is 140 Å². The molecule has 9 N–H and O–H groups in total. The number of carboxylic acids is 1. The first-order chi connectivity index (χ1) is 61.3. The van der Waals surface area contributed by atoms with Crippen LogP contribution in [0.2, 0.25) is 0 Å². The summed E-state index contributed by atoms with van der Waals surface area (Å²) in [5.74, 6) is -3.77. The third-order valence-corrected chi connectivity index (χ3v) is 24.9. The second kappa shape index (κ2) is 44.5. The van der Waals surface area contributed by atoms with Gasteiger partial charge in [-0.05, 0) is 185 Å². The van der Waals surface area contributed by atoms with E-state index in [9.17, 15) is 87.8 Å². The molecule has 5 heterocycles. The molecule has 3 saturated carbocycles. The standard InChI is InChI=1S/C27H31F3N4O4.C25H27F3N4O4.C22H28BF3O5.C11H15BrN4O.C4H4BrN3/c1-2-38-23(35)13-26(16-27(28,29)30)11-10-17-12-18(8-9-20(17)24(26)36)21-14-32-22(15-31-21)34-25(37)33-19-6-4-3-5-7-19;26-25(27,28)14-24(11-21(33)34)9-8-15-10-16(6-7-18(15)22(24)35)19-12-30-20(13-29-19)32-23(36)31-17-4-2-1-3-5-17;1-6-29-17(27)12-21(13-22(24,25)26)10-9-14-11-15(7-8-16(14)18(21)28)23-30-19(2,3)20(4,5)31-23;12-9-6-14-10(7-13-9)16-11(17)15-8-4-2-1-3-5-8;5-3-1-8-4(6)2-7-3/h8-9,12,14-15,19H,2-7,10-11,13,16H2,1H3,(H2,32,33,34,37);6-7,10,12-13,17H,1-5,8-9,11,14H2,(H,33,34)(H2,30,31,32,36);7-8,11H,6,9-10,12-13H2,1-5H3;6-8H,1-5H2,(H2,14,15,16,17);1-2H,(H2,6,8). The lowest BCUT2D eigenvalue weighted by atomic mass is 9.65. The van der Waals surface area contributed by atoms with Crippen molar-refractivity contribution in [1.82, 2.24) is 55.8 Å². The predicted octanol–water partition coefficient (Wildman–Crippen LogP) is 18.3. The van der Waals surface area contributed by atoms with E-state index in [1.807, 2.05) is 27.7 Å². The average molecular weight is 1950 g/mol. The number of Topliss-reactive ketones (excluding diaryl/α,β-unsaturated/α-hetero) is 3. The number of carbonyl (C=O) groups excluding carboxylic acids is 8. The Labute approximate surface area is 762 Å². The molecule has 700 valence electrons. The van der Waals surface area contributed by atoms with Gasteiger partial charge in [-0.1, -0.05) is 100 Å². The number of anilines is 4. The second-order valence-corrected chi connectivity index (χ2v) is 36.0. The van der Waals surface area contributed by atoms with E-state index in [1.54, 1.807) is 62.6 Å². The van der Waals surface area contributed by atoms with Crippen molar-refractivity contribution in [2.45, 2.75) is 263 Å². The Morgan fingerprint density at radius 2 is 0.785 bits per heavy atom. The molecule has 130 heavy (non-hydrogen) atoms. The molecule has 6 aliphatic carbocycles. The number of nitrogens with one attached hydrogen (secondary N) is 6. The van der Waals surface area contributed by atoms with Gasteiger partial charge in [-0.25, -0.2) is 44.3 Å². The van der Waals surface area contributed by atoms with E-state index >= 15 is 0 Å². The van der Waals surface area contributed by atoms with E-state index in [-0.39, 0.29) is 110 Å². The molecule has 4 fully saturated rings. The van der Waals surface area contributed by atoms with E-state index in [0.717, 1.165) is 64.2 Å². The first kappa shape index (κ1) is 101. The molecule has 6 amide bonds. The van der Waals surface area contributed by atoms with Crippen LogP contribution in [-0.4, -0.2) is 167 Å². The maximum Gasteiger partial charge on any atom is 0.494 e. The fraction of sp³-hybridized carbons (Fsp3) is 0.517. The summed E-state index contributed by atoms with van der Waals surface area (Å²) in [6, 6.07) is 14.1. The zero-order valence-corrected chi connectivity index (χ0v) is 75.9. The number of nitrogens with zero attached hydrogens (tertiary/aromatic N) is 8. The molecular weight excluding hydrogens is 1840 g/mol. The number of amides is 6. The highest BCUT2D eigenvalue weighted by Crippen LogP contribution is 2.50. The molecule has 1 saturated heterocycles. The maximum absolute atomic E-state index is 13.4. The number of aliphatic carboxylic acids is 1. The van der Waals surface area contributed by atoms with Crippen molar-refractivity contribution in [3.05, 3.63) is 147 Å². The minimum absolute atomic E-state index is 0.0234. The van der Waals surface area contributed by atoms with Gasteiger partial charge < -0.3 is 45.6 Å². The Balaban J connectivity index is 0.000000179. The molecule has 41 heteroatoms. The highest BCUT2D eigenvalue weighted by atomic mass is 79.9. The van der Waals surface area contributed by atoms with Crippen molar-refractivity contribution >= 4 is 121 Å². The number of aryl methyl sites for hydroxylation is 3. The monoisotopic (exact) mass is 1950 g/mol. The van der Waals surface area contributed by atoms with Crippen molar-refractivity contribution in [1.29, 1.82) is 0 Å². The van der Waals surface area contributed by atoms with Gasteiger partial charge in [-0.3, -0.25) is 54.7 Å². The lowest BCUT2D eigenvalue weighted by Crippen LogP contribution is -2.43. The number of benzene rings is 3. The highest BCUT2D eigenvalue weighted by Gasteiger charge is 2.56. The van der Waals surface area contributed by atoms with Gasteiger partial charge >= 0.3 is 61.6 Å². The number of rotatable bonds is 20. The molecule has 4 aromatic heterocycles. The molecule has 7 aromatic rings. The number of hydrogen-bond donors (Lipinski definition) is 8. The van der Waals surface area contributed by atoms with Gasteiger partial charge in [0.2, 0.25) is 0 Å². The van der Waals surface area contributed by atoms with Crippen LogP contribution in [0, 0.1) is 16.2 Å². The number of alkyl halides is 9. The largest absolute Gasteiger partial charge is 0.494 e. The van der Waals surface area contributed by atoms with Crippen LogP contribution >= 0.6 is 31.9 Å². The Bertz CT molecular complexity index is 5090. The summed E-state index contributed by atoms with van der Waals surface area (Å²) in [6.45, 7) is 10.9. The zero-order chi connectivity index (χ0) is 94.6. The number of halogens is 11. The topological polar surface area (TPSA) is 412 Å². The van der Waals surface area contributed by atoms with Crippen LogP contribution in [0.4, 0.5) is 77.2 Å². The number of nitrogens with two attached hydrogens (primary N) is 1. The first-order valence-electron chi connectivity index (χ1n) is 43.1. The van der Waals surface area contributed by atoms with Crippen LogP contribution in [0.1, 0.15) is 243 Å². The van der Waals surface area contributed by atoms with Gasteiger partial charge in [0, 0.05) is 45.9 Å². The molecule has 3 atom stereocenters. The lowest BCUT2D eigenvalue weighted by Gasteiger charge is -2.36. The predicted molar refractivity (Wildman–Crippen MR) is 470 cm³/mol. The van der Waals surface area contributed by atoms with Crippen LogP contribution in [0.3, 0.4) is 0 Å². The summed E-state index contributed by atoms with van der Waals surface area (Å²) in [5.41, 5.74) is 3.55. The number of carbonyl (C=O) groups is 9. The number of carboxylic acid groups (broad SMARTS) is 1. The molecule has 7 aliphatic rings. The van der Waals surface area contributed by atoms with Crippen LogP contribution in [0.5, 0.6) is 0 Å². The molecule has 0 radical (unpaired) electrons. The molecule has 3 unspecified atom stereocenters. The molecule has 29 nitrogen and oxygen atoms in total. The summed E-state index contributed by atoms with van der Waals surface area (Å²) in [6.07, 6.45) is 8.27. The number of fused-ring (bicyclic) bond motifs is 3. The van der Waals surface area contributed by atoms with Crippen LogP contribution in [0.25, 0.3) is 22.5 Å². The van der Waals surface area contributed by atoms with Gasteiger partial charge in [0.15, 0.2) is 34.8 Å². The Kier molecular flexibility index (Phi) is 34.7. The van der Waals surface area contributed by atoms with E-state index in [0.29, 0.717) is 71.6 Å². The summed E-state index contributed by atoms with van der Waals surface area (Å²) in [4.78, 5) is 144. The summed E-state index contributed by atoms with van der Waals surface area (Å²) in [7, 11) is -0.633. The first-order valence-corrected chi connectivity index (χ1v) is 44.6. The Hall–Kier alpha value is -10.7. The normalized spacial score (nSPS) is 20.1. The van der Waals surface area contributed by atoms with Crippen molar-refractivity contribution in [3.63, 3.8) is 0 Å². The fourth-order valence-electron chi connectivity index (χ4n) is 17.0. The SMILES string of the molecule is CCOC(=O)CC1(CC(F)(F)F)CCc2cc(-c3cnc(NC(=O)NC4CCCCC4)cn3)ccc2C1=O.CCOC(=O)CC1(CC(F)(F)F)CCc2cc(B3OC(C)(C)C(C)(C)O3)ccc2C1=O.Nc1cnc(Br)cn1.O=C(Nc1cnc(Br)cn1)NC1CCCCC1.O=C(O)CC1(CC(F)(F)F)CCc2cc(-c3cnc(NC(=O)NC4CCCCC4)cn3)ccc2C1=O.